The lowest BCUT2D eigenvalue weighted by Crippen LogP contribution is -2.45. The predicted octanol–water partition coefficient (Wildman–Crippen LogP) is 4.03. The summed E-state index contributed by atoms with van der Waals surface area (Å²) < 4.78 is 6.84. The van der Waals surface area contributed by atoms with Gasteiger partial charge in [-0.05, 0) is 43.0 Å². The highest BCUT2D eigenvalue weighted by Gasteiger charge is 2.24. The zero-order chi connectivity index (χ0) is 14.3. The lowest BCUT2D eigenvalue weighted by Gasteiger charge is -2.30. The summed E-state index contributed by atoms with van der Waals surface area (Å²) in [7, 11) is 1.81. The summed E-state index contributed by atoms with van der Waals surface area (Å²) in [5, 5.41) is 3.63. The average Bonchev–Trinajstić information content (AvgIpc) is 2.36. The van der Waals surface area contributed by atoms with Crippen molar-refractivity contribution in [1.82, 2.24) is 5.32 Å². The molecule has 3 heteroatoms. The summed E-state index contributed by atoms with van der Waals surface area (Å²) in [6.07, 6.45) is 2.38. The average molecular weight is 328 g/mol. The summed E-state index contributed by atoms with van der Waals surface area (Å²) in [4.78, 5) is 0. The molecule has 2 nitrogen and oxygen atoms in total. The Kier molecular flexibility index (Phi) is 7.66. The van der Waals surface area contributed by atoms with Crippen LogP contribution < -0.4 is 5.32 Å². The number of rotatable bonds is 8. The van der Waals surface area contributed by atoms with Crippen molar-refractivity contribution in [1.29, 1.82) is 0 Å². The Morgan fingerprint density at radius 3 is 2.58 bits per heavy atom. The van der Waals surface area contributed by atoms with Crippen LogP contribution in [0, 0.1) is 5.92 Å². The van der Waals surface area contributed by atoms with E-state index in [4.69, 9.17) is 4.74 Å². The van der Waals surface area contributed by atoms with Crippen molar-refractivity contribution >= 4 is 15.9 Å². The van der Waals surface area contributed by atoms with Crippen LogP contribution in [-0.4, -0.2) is 25.8 Å². The number of hydrogen-bond acceptors (Lipinski definition) is 2. The second-order valence-electron chi connectivity index (χ2n) is 5.34. The Labute approximate surface area is 126 Å². The molecule has 0 heterocycles. The maximum Gasteiger partial charge on any atom is 0.0750 e. The van der Waals surface area contributed by atoms with E-state index in [2.05, 4.69) is 66.3 Å². The van der Waals surface area contributed by atoms with E-state index >= 15 is 0 Å². The third-order valence-electron chi connectivity index (χ3n) is 3.33. The van der Waals surface area contributed by atoms with Crippen LogP contribution in [0.15, 0.2) is 28.7 Å². The number of halogens is 1. The molecule has 1 N–H and O–H groups in total. The van der Waals surface area contributed by atoms with Crippen LogP contribution in [0.25, 0.3) is 0 Å². The minimum Gasteiger partial charge on any atom is -0.380 e. The van der Waals surface area contributed by atoms with Gasteiger partial charge in [-0.15, -0.1) is 0 Å². The monoisotopic (exact) mass is 327 g/mol. The number of ether oxygens (including phenoxy) is 1. The Balaban J connectivity index is 2.78. The molecule has 19 heavy (non-hydrogen) atoms. The Morgan fingerprint density at radius 1 is 1.32 bits per heavy atom. The van der Waals surface area contributed by atoms with Crippen LogP contribution in [-0.2, 0) is 11.2 Å². The Morgan fingerprint density at radius 2 is 2.05 bits per heavy atom. The quantitative estimate of drug-likeness (QED) is 0.778. The van der Waals surface area contributed by atoms with Gasteiger partial charge >= 0.3 is 0 Å². The largest absolute Gasteiger partial charge is 0.380 e. The van der Waals surface area contributed by atoms with Gasteiger partial charge in [0.05, 0.1) is 6.10 Å². The third kappa shape index (κ3) is 5.64. The van der Waals surface area contributed by atoms with Crippen molar-refractivity contribution in [2.45, 2.75) is 45.8 Å². The molecule has 1 aromatic rings. The first-order valence-corrected chi connectivity index (χ1v) is 7.88. The van der Waals surface area contributed by atoms with Gasteiger partial charge in [0.25, 0.3) is 0 Å². The molecular formula is C16H26BrNO. The number of nitrogens with one attached hydrogen (secondary N) is 1. The van der Waals surface area contributed by atoms with E-state index in [1.54, 1.807) is 0 Å². The van der Waals surface area contributed by atoms with E-state index in [-0.39, 0.29) is 6.10 Å². The van der Waals surface area contributed by atoms with Crippen molar-refractivity contribution in [3.63, 3.8) is 0 Å². The number of benzene rings is 1. The second kappa shape index (κ2) is 8.72. The maximum atomic E-state index is 5.70. The normalized spacial score (nSPS) is 14.6. The minimum atomic E-state index is 0.241. The molecule has 0 spiro atoms. The summed E-state index contributed by atoms with van der Waals surface area (Å²) in [6.45, 7) is 7.66. The molecule has 0 aliphatic carbocycles. The highest BCUT2D eigenvalue weighted by Crippen LogP contribution is 2.18. The van der Waals surface area contributed by atoms with Gasteiger partial charge in [0.2, 0.25) is 0 Å². The molecule has 0 saturated carbocycles. The smallest absolute Gasteiger partial charge is 0.0750 e. The second-order valence-corrected chi connectivity index (χ2v) is 6.25. The van der Waals surface area contributed by atoms with Crippen LogP contribution in [0.1, 0.15) is 32.8 Å². The Hall–Kier alpha value is -0.380. The maximum absolute atomic E-state index is 5.70. The van der Waals surface area contributed by atoms with Crippen molar-refractivity contribution in [2.75, 3.05) is 13.7 Å². The lowest BCUT2D eigenvalue weighted by molar-refractivity contribution is 0.0332. The van der Waals surface area contributed by atoms with Crippen molar-refractivity contribution in [2.24, 2.45) is 5.92 Å². The molecule has 1 aromatic carbocycles. The first kappa shape index (κ1) is 16.7. The van der Waals surface area contributed by atoms with Crippen LogP contribution in [0.2, 0.25) is 0 Å². The van der Waals surface area contributed by atoms with E-state index in [1.807, 2.05) is 7.11 Å². The molecular weight excluding hydrogens is 302 g/mol. The molecule has 0 radical (unpaired) electrons. The topological polar surface area (TPSA) is 21.3 Å². The molecule has 0 amide bonds. The SMILES string of the molecule is CCCNC(Cc1cccc(Br)c1)C(OC)C(C)C. The summed E-state index contributed by atoms with van der Waals surface area (Å²) in [5.74, 6) is 0.506. The summed E-state index contributed by atoms with van der Waals surface area (Å²) >= 11 is 3.54. The van der Waals surface area contributed by atoms with Gasteiger partial charge in [0.1, 0.15) is 0 Å². The zero-order valence-corrected chi connectivity index (χ0v) is 14.0. The zero-order valence-electron chi connectivity index (χ0n) is 12.4. The molecule has 2 unspecified atom stereocenters. The Bertz CT molecular complexity index is 368. The van der Waals surface area contributed by atoms with Crippen LogP contribution >= 0.6 is 15.9 Å². The van der Waals surface area contributed by atoms with Crippen LogP contribution in [0.5, 0.6) is 0 Å². The predicted molar refractivity (Wildman–Crippen MR) is 85.6 cm³/mol. The lowest BCUT2D eigenvalue weighted by atomic mass is 9.93. The van der Waals surface area contributed by atoms with Crippen LogP contribution in [0.3, 0.4) is 0 Å². The fourth-order valence-electron chi connectivity index (χ4n) is 2.45. The highest BCUT2D eigenvalue weighted by molar-refractivity contribution is 9.10. The molecule has 0 aromatic heterocycles. The van der Waals surface area contributed by atoms with Crippen molar-refractivity contribution in [3.05, 3.63) is 34.3 Å². The van der Waals surface area contributed by atoms with Gasteiger partial charge in [0.15, 0.2) is 0 Å². The van der Waals surface area contributed by atoms with Gasteiger partial charge in [-0.1, -0.05) is 48.8 Å². The van der Waals surface area contributed by atoms with E-state index in [9.17, 15) is 0 Å². The van der Waals surface area contributed by atoms with Gasteiger partial charge in [-0.2, -0.15) is 0 Å². The first-order chi connectivity index (χ1) is 9.08. The molecule has 1 rings (SSSR count). The summed E-state index contributed by atoms with van der Waals surface area (Å²) in [5.41, 5.74) is 1.34. The summed E-state index contributed by atoms with van der Waals surface area (Å²) in [6, 6.07) is 8.88. The third-order valence-corrected chi connectivity index (χ3v) is 3.82. The molecule has 0 aliphatic rings. The minimum absolute atomic E-state index is 0.241. The molecule has 108 valence electrons. The van der Waals surface area contributed by atoms with E-state index in [0.717, 1.165) is 23.9 Å². The van der Waals surface area contributed by atoms with Gasteiger partial charge < -0.3 is 10.1 Å². The molecule has 2 atom stereocenters. The van der Waals surface area contributed by atoms with E-state index in [1.165, 1.54) is 5.56 Å². The fraction of sp³-hybridized carbons (Fsp3) is 0.625. The van der Waals surface area contributed by atoms with Gasteiger partial charge in [-0.3, -0.25) is 0 Å². The fourth-order valence-corrected chi connectivity index (χ4v) is 2.90. The highest BCUT2D eigenvalue weighted by atomic mass is 79.9. The van der Waals surface area contributed by atoms with Gasteiger partial charge in [0, 0.05) is 17.6 Å². The van der Waals surface area contributed by atoms with Crippen molar-refractivity contribution in [3.8, 4) is 0 Å². The number of hydrogen-bond donors (Lipinski definition) is 1. The standard InChI is InChI=1S/C16H26BrNO/c1-5-9-18-15(16(19-4)12(2)3)11-13-7-6-8-14(17)10-13/h6-8,10,12,15-16,18H,5,9,11H2,1-4H3. The molecule has 0 aliphatic heterocycles. The van der Waals surface area contributed by atoms with Crippen molar-refractivity contribution < 1.29 is 4.74 Å². The molecule has 0 bridgehead atoms. The van der Waals surface area contributed by atoms with E-state index < -0.39 is 0 Å². The van der Waals surface area contributed by atoms with E-state index in [0.29, 0.717) is 12.0 Å². The van der Waals surface area contributed by atoms with Crippen LogP contribution in [0.4, 0.5) is 0 Å². The molecule has 0 fully saturated rings. The number of methoxy groups -OCH3 is 1. The first-order valence-electron chi connectivity index (χ1n) is 7.09. The van der Waals surface area contributed by atoms with Gasteiger partial charge in [-0.25, -0.2) is 0 Å². The molecule has 0 saturated heterocycles.